The Hall–Kier alpha value is -2.41. The van der Waals surface area contributed by atoms with Crippen LogP contribution < -0.4 is 0 Å². The van der Waals surface area contributed by atoms with Crippen molar-refractivity contribution in [2.75, 3.05) is 39.3 Å². The van der Waals surface area contributed by atoms with Crippen molar-refractivity contribution in [3.05, 3.63) is 29.6 Å². The fourth-order valence-electron chi connectivity index (χ4n) is 6.36. The maximum absolute atomic E-state index is 13.4. The number of nitrogens with zero attached hydrogens (tertiary/aromatic N) is 5. The second kappa shape index (κ2) is 10.7. The molecule has 2 aromatic rings. The van der Waals surface area contributed by atoms with E-state index in [-0.39, 0.29) is 5.91 Å². The monoisotopic (exact) mass is 479 g/mol. The van der Waals surface area contributed by atoms with E-state index in [4.69, 9.17) is 0 Å². The molecule has 35 heavy (non-hydrogen) atoms. The number of piperidine rings is 2. The van der Waals surface area contributed by atoms with Gasteiger partial charge in [0.2, 0.25) is 11.8 Å². The largest absolute Gasteiger partial charge is 0.342 e. The molecule has 3 aliphatic rings. The molecule has 190 valence electrons. The topological polar surface area (TPSA) is 61.7 Å². The molecule has 0 bridgehead atoms. The van der Waals surface area contributed by atoms with Gasteiger partial charge in [0.15, 0.2) is 0 Å². The summed E-state index contributed by atoms with van der Waals surface area (Å²) in [6.07, 6.45) is 10.3. The van der Waals surface area contributed by atoms with Gasteiger partial charge < -0.3 is 14.4 Å². The van der Waals surface area contributed by atoms with Gasteiger partial charge in [-0.3, -0.25) is 14.5 Å². The average molecular weight is 480 g/mol. The summed E-state index contributed by atoms with van der Waals surface area (Å²) in [5, 5.41) is 0. The molecule has 3 saturated heterocycles. The van der Waals surface area contributed by atoms with Crippen LogP contribution in [0.25, 0.3) is 11.0 Å². The molecule has 0 saturated carbocycles. The van der Waals surface area contributed by atoms with Crippen LogP contribution in [0.3, 0.4) is 0 Å². The Morgan fingerprint density at radius 2 is 1.60 bits per heavy atom. The van der Waals surface area contributed by atoms with Crippen LogP contribution in [0.15, 0.2) is 18.5 Å². The third-order valence-electron chi connectivity index (χ3n) is 8.67. The molecular weight excluding hydrogens is 438 g/mol. The number of hydrogen-bond donors (Lipinski definition) is 0. The molecule has 0 spiro atoms. The van der Waals surface area contributed by atoms with Crippen molar-refractivity contribution in [2.24, 2.45) is 5.92 Å². The highest BCUT2D eigenvalue weighted by Gasteiger charge is 2.35. The number of fused-ring (bicyclic) bond motifs is 1. The van der Waals surface area contributed by atoms with Gasteiger partial charge in [0.1, 0.15) is 0 Å². The number of aromatic nitrogens is 2. The van der Waals surface area contributed by atoms with E-state index < -0.39 is 0 Å². The lowest BCUT2D eigenvalue weighted by Gasteiger charge is -2.44. The highest BCUT2D eigenvalue weighted by atomic mass is 16.2. The van der Waals surface area contributed by atoms with E-state index in [1.807, 2.05) is 11.2 Å². The number of imidazole rings is 1. The third kappa shape index (κ3) is 5.40. The van der Waals surface area contributed by atoms with E-state index in [2.05, 4.69) is 45.3 Å². The lowest BCUT2D eigenvalue weighted by molar-refractivity contribution is -0.137. The predicted molar refractivity (Wildman–Crippen MR) is 138 cm³/mol. The summed E-state index contributed by atoms with van der Waals surface area (Å²) >= 11 is 0. The Balaban J connectivity index is 1.16. The van der Waals surface area contributed by atoms with Gasteiger partial charge in [0.25, 0.3) is 0 Å². The first-order chi connectivity index (χ1) is 17.0. The molecule has 3 fully saturated rings. The van der Waals surface area contributed by atoms with Crippen molar-refractivity contribution in [2.45, 2.75) is 77.8 Å². The summed E-state index contributed by atoms with van der Waals surface area (Å²) in [6, 6.07) is 4.68. The lowest BCUT2D eigenvalue weighted by Crippen LogP contribution is -2.51. The zero-order valence-electron chi connectivity index (χ0n) is 21.5. The summed E-state index contributed by atoms with van der Waals surface area (Å²) in [6.45, 7) is 10.2. The Labute approximate surface area is 209 Å². The minimum absolute atomic E-state index is 0.284. The molecule has 0 aliphatic carbocycles. The van der Waals surface area contributed by atoms with E-state index in [0.29, 0.717) is 37.4 Å². The van der Waals surface area contributed by atoms with Crippen LogP contribution in [0, 0.1) is 19.8 Å². The molecule has 7 heteroatoms. The molecule has 3 aliphatic heterocycles. The maximum Gasteiger partial charge on any atom is 0.236 e. The Kier molecular flexibility index (Phi) is 7.42. The highest BCUT2D eigenvalue weighted by Crippen LogP contribution is 2.31. The molecule has 0 N–H and O–H groups in total. The highest BCUT2D eigenvalue weighted by molar-refractivity contribution is 5.79. The van der Waals surface area contributed by atoms with E-state index >= 15 is 0 Å². The Bertz CT molecular complexity index is 1050. The number of benzene rings is 1. The Morgan fingerprint density at radius 3 is 2.37 bits per heavy atom. The van der Waals surface area contributed by atoms with E-state index in [1.165, 1.54) is 17.5 Å². The molecule has 1 atom stereocenters. The minimum atomic E-state index is 0.284. The second-order valence-corrected chi connectivity index (χ2v) is 11.0. The maximum atomic E-state index is 13.4. The molecule has 0 radical (unpaired) electrons. The van der Waals surface area contributed by atoms with Gasteiger partial charge in [0, 0.05) is 38.6 Å². The SMILES string of the molecule is Cc1cc2ncn(CCC(=O)N3CCCCC3C3CCN(CC(=O)N4CCCC4)CC3)c2cc1C. The van der Waals surface area contributed by atoms with E-state index in [0.717, 1.165) is 82.3 Å². The van der Waals surface area contributed by atoms with Gasteiger partial charge in [-0.2, -0.15) is 0 Å². The van der Waals surface area contributed by atoms with Crippen LogP contribution >= 0.6 is 0 Å². The molecule has 1 aromatic heterocycles. The van der Waals surface area contributed by atoms with Crippen molar-refractivity contribution >= 4 is 22.8 Å². The van der Waals surface area contributed by atoms with Crippen molar-refractivity contribution in [1.29, 1.82) is 0 Å². The number of aryl methyl sites for hydroxylation is 3. The number of rotatable bonds is 6. The van der Waals surface area contributed by atoms with Gasteiger partial charge in [-0.15, -0.1) is 0 Å². The van der Waals surface area contributed by atoms with Gasteiger partial charge >= 0.3 is 0 Å². The minimum Gasteiger partial charge on any atom is -0.342 e. The summed E-state index contributed by atoms with van der Waals surface area (Å²) in [7, 11) is 0. The number of hydrogen-bond acceptors (Lipinski definition) is 4. The zero-order valence-corrected chi connectivity index (χ0v) is 21.5. The first-order valence-electron chi connectivity index (χ1n) is 13.7. The summed E-state index contributed by atoms with van der Waals surface area (Å²) < 4.78 is 2.13. The molecule has 2 amide bonds. The molecule has 4 heterocycles. The molecule has 7 nitrogen and oxygen atoms in total. The fourth-order valence-corrected chi connectivity index (χ4v) is 6.36. The van der Waals surface area contributed by atoms with Gasteiger partial charge in [-0.25, -0.2) is 4.98 Å². The standard InChI is InChI=1S/C28H41N5O2/c1-21-17-24-26(18-22(21)2)32(20-29-24)16-10-27(34)33-13-4-3-7-25(33)23-8-14-30(15-9-23)19-28(35)31-11-5-6-12-31/h17-18,20,23,25H,3-16,19H2,1-2H3. The van der Waals surface area contributed by atoms with Crippen molar-refractivity contribution in [3.8, 4) is 0 Å². The van der Waals surface area contributed by atoms with Crippen LogP contribution in [-0.4, -0.2) is 81.4 Å². The number of carbonyl (C=O) groups is 2. The smallest absolute Gasteiger partial charge is 0.236 e. The zero-order chi connectivity index (χ0) is 24.4. The van der Waals surface area contributed by atoms with E-state index in [1.54, 1.807) is 0 Å². The van der Waals surface area contributed by atoms with Gasteiger partial charge in [0.05, 0.1) is 23.9 Å². The fraction of sp³-hybridized carbons (Fsp3) is 0.679. The van der Waals surface area contributed by atoms with Crippen LogP contribution in [0.1, 0.15) is 62.5 Å². The van der Waals surface area contributed by atoms with Crippen LogP contribution in [0.5, 0.6) is 0 Å². The van der Waals surface area contributed by atoms with Crippen LogP contribution in [0.4, 0.5) is 0 Å². The number of carbonyl (C=O) groups excluding carboxylic acids is 2. The van der Waals surface area contributed by atoms with Gasteiger partial charge in [-0.1, -0.05) is 0 Å². The van der Waals surface area contributed by atoms with Crippen molar-refractivity contribution in [3.63, 3.8) is 0 Å². The van der Waals surface area contributed by atoms with Crippen LogP contribution in [-0.2, 0) is 16.1 Å². The molecule has 1 unspecified atom stereocenters. The first kappa shape index (κ1) is 24.3. The lowest BCUT2D eigenvalue weighted by atomic mass is 9.83. The quantitative estimate of drug-likeness (QED) is 0.633. The number of amides is 2. The van der Waals surface area contributed by atoms with Crippen molar-refractivity contribution in [1.82, 2.24) is 24.3 Å². The molecule has 1 aromatic carbocycles. The second-order valence-electron chi connectivity index (χ2n) is 11.0. The third-order valence-corrected chi connectivity index (χ3v) is 8.67. The normalized spacial score (nSPS) is 22.3. The Morgan fingerprint density at radius 1 is 0.886 bits per heavy atom. The summed E-state index contributed by atoms with van der Waals surface area (Å²) in [4.78, 5) is 37.1. The number of likely N-dealkylation sites (tertiary alicyclic amines) is 3. The van der Waals surface area contributed by atoms with Gasteiger partial charge in [-0.05, 0) is 101 Å². The average Bonchev–Trinajstić information content (AvgIpc) is 3.54. The van der Waals surface area contributed by atoms with Crippen LogP contribution in [0.2, 0.25) is 0 Å². The van der Waals surface area contributed by atoms with Crippen molar-refractivity contribution < 1.29 is 9.59 Å². The predicted octanol–water partition coefficient (Wildman–Crippen LogP) is 3.76. The van der Waals surface area contributed by atoms with E-state index in [9.17, 15) is 9.59 Å². The first-order valence-corrected chi connectivity index (χ1v) is 13.7. The summed E-state index contributed by atoms with van der Waals surface area (Å²) in [5.74, 6) is 1.14. The summed E-state index contributed by atoms with van der Waals surface area (Å²) in [5.41, 5.74) is 4.63. The molecular formula is C28H41N5O2. The molecule has 5 rings (SSSR count).